The van der Waals surface area contributed by atoms with E-state index in [9.17, 15) is 16.8 Å². The molecule has 28 heavy (non-hydrogen) atoms. The zero-order valence-electron chi connectivity index (χ0n) is 16.1. The molecule has 0 aromatic heterocycles. The van der Waals surface area contributed by atoms with Gasteiger partial charge in [0, 0.05) is 17.8 Å². The first-order chi connectivity index (χ1) is 13.2. The normalized spacial score (nSPS) is 21.4. The number of hydrogen-bond acceptors (Lipinski definition) is 4. The van der Waals surface area contributed by atoms with Crippen molar-refractivity contribution >= 4 is 25.7 Å². The number of hydrogen-bond donors (Lipinski definition) is 1. The molecule has 6 nitrogen and oxygen atoms in total. The van der Waals surface area contributed by atoms with E-state index in [1.54, 1.807) is 28.6 Å². The van der Waals surface area contributed by atoms with E-state index >= 15 is 0 Å². The van der Waals surface area contributed by atoms with Crippen LogP contribution in [-0.2, 0) is 25.8 Å². The molecular weight excluding hydrogens is 396 g/mol. The van der Waals surface area contributed by atoms with Crippen molar-refractivity contribution < 1.29 is 16.8 Å². The molecule has 152 valence electrons. The van der Waals surface area contributed by atoms with E-state index in [-0.39, 0.29) is 22.7 Å². The minimum Gasteiger partial charge on any atom is -0.283 e. The summed E-state index contributed by atoms with van der Waals surface area (Å²) < 4.78 is 54.8. The zero-order chi connectivity index (χ0) is 20.4. The molecule has 0 aliphatic carbocycles. The Kier molecular flexibility index (Phi) is 6.12. The fourth-order valence-corrected chi connectivity index (χ4v) is 6.78. The predicted octanol–water partition coefficient (Wildman–Crippen LogP) is 3.58. The van der Waals surface area contributed by atoms with Crippen LogP contribution < -0.4 is 4.72 Å². The molecule has 0 amide bonds. The van der Waals surface area contributed by atoms with E-state index < -0.39 is 20.0 Å². The lowest BCUT2D eigenvalue weighted by atomic mass is 10.0. The van der Waals surface area contributed by atoms with Crippen LogP contribution in [0.2, 0.25) is 0 Å². The summed E-state index contributed by atoms with van der Waals surface area (Å²) in [4.78, 5) is 0.180. The minimum absolute atomic E-state index is 0.0437. The molecule has 1 saturated heterocycles. The monoisotopic (exact) mass is 422 g/mol. The predicted molar refractivity (Wildman–Crippen MR) is 111 cm³/mol. The van der Waals surface area contributed by atoms with Gasteiger partial charge in [-0.1, -0.05) is 36.8 Å². The number of sulfonamides is 2. The topological polar surface area (TPSA) is 83.6 Å². The Hall–Kier alpha value is -1.90. The van der Waals surface area contributed by atoms with E-state index in [1.807, 2.05) is 19.9 Å². The van der Waals surface area contributed by atoms with Crippen LogP contribution >= 0.6 is 0 Å². The van der Waals surface area contributed by atoms with Gasteiger partial charge in [0.2, 0.25) is 20.0 Å². The Morgan fingerprint density at radius 2 is 1.46 bits per heavy atom. The van der Waals surface area contributed by atoms with E-state index in [1.165, 1.54) is 24.3 Å². The van der Waals surface area contributed by atoms with Gasteiger partial charge in [0.15, 0.2) is 0 Å². The second kappa shape index (κ2) is 8.23. The van der Waals surface area contributed by atoms with Gasteiger partial charge in [0.05, 0.1) is 10.6 Å². The largest absolute Gasteiger partial charge is 0.283 e. The molecule has 0 saturated carbocycles. The van der Waals surface area contributed by atoms with Crippen LogP contribution in [0.15, 0.2) is 59.5 Å². The lowest BCUT2D eigenvalue weighted by molar-refractivity contribution is 0.204. The highest BCUT2D eigenvalue weighted by Gasteiger charge is 2.35. The van der Waals surface area contributed by atoms with Gasteiger partial charge >= 0.3 is 0 Å². The molecule has 8 heteroatoms. The SMILES string of the molecule is CC1CCCC(C)N1S(=O)(=O)c1ccc(NS(=O)(=O)Cc2ccccc2)cc1. The smallest absolute Gasteiger partial charge is 0.243 e. The molecule has 1 fully saturated rings. The lowest BCUT2D eigenvalue weighted by Crippen LogP contribution is -2.47. The Labute approximate surface area is 167 Å². The van der Waals surface area contributed by atoms with Crippen molar-refractivity contribution in [3.05, 3.63) is 60.2 Å². The first kappa shape index (κ1) is 20.8. The average molecular weight is 423 g/mol. The average Bonchev–Trinajstić information content (AvgIpc) is 2.62. The quantitative estimate of drug-likeness (QED) is 0.771. The Bertz CT molecular complexity index is 994. The number of anilines is 1. The third-order valence-electron chi connectivity index (χ3n) is 5.02. The fraction of sp³-hybridized carbons (Fsp3) is 0.400. The van der Waals surface area contributed by atoms with Gasteiger partial charge in [-0.05, 0) is 56.5 Å². The van der Waals surface area contributed by atoms with Crippen LogP contribution in [0.3, 0.4) is 0 Å². The first-order valence-electron chi connectivity index (χ1n) is 9.37. The summed E-state index contributed by atoms with van der Waals surface area (Å²) in [5.41, 5.74) is 1.02. The summed E-state index contributed by atoms with van der Waals surface area (Å²) in [7, 11) is -7.20. The Morgan fingerprint density at radius 1 is 0.893 bits per heavy atom. The van der Waals surface area contributed by atoms with Crippen molar-refractivity contribution in [1.29, 1.82) is 0 Å². The molecule has 2 atom stereocenters. The van der Waals surface area contributed by atoms with E-state index in [0.717, 1.165) is 19.3 Å². The maximum Gasteiger partial charge on any atom is 0.243 e. The van der Waals surface area contributed by atoms with Gasteiger partial charge in [-0.15, -0.1) is 0 Å². The highest BCUT2D eigenvalue weighted by atomic mass is 32.2. The molecule has 1 heterocycles. The highest BCUT2D eigenvalue weighted by Crippen LogP contribution is 2.30. The van der Waals surface area contributed by atoms with Crippen molar-refractivity contribution in [3.63, 3.8) is 0 Å². The number of rotatable bonds is 6. The van der Waals surface area contributed by atoms with Gasteiger partial charge in [-0.25, -0.2) is 16.8 Å². The van der Waals surface area contributed by atoms with Crippen LogP contribution in [0, 0.1) is 0 Å². The van der Waals surface area contributed by atoms with E-state index in [0.29, 0.717) is 11.3 Å². The van der Waals surface area contributed by atoms with Crippen molar-refractivity contribution in [3.8, 4) is 0 Å². The van der Waals surface area contributed by atoms with Gasteiger partial charge < -0.3 is 0 Å². The highest BCUT2D eigenvalue weighted by molar-refractivity contribution is 7.92. The second-order valence-corrected chi connectivity index (χ2v) is 10.9. The molecule has 3 rings (SSSR count). The van der Waals surface area contributed by atoms with Crippen molar-refractivity contribution in [2.75, 3.05) is 4.72 Å². The molecule has 1 N–H and O–H groups in total. The summed E-state index contributed by atoms with van der Waals surface area (Å²) in [6, 6.07) is 14.7. The van der Waals surface area contributed by atoms with Crippen LogP contribution in [0.1, 0.15) is 38.7 Å². The van der Waals surface area contributed by atoms with E-state index in [4.69, 9.17) is 0 Å². The molecule has 2 aromatic carbocycles. The standard InChI is InChI=1S/C20H26N2O4S2/c1-16-7-6-8-17(2)22(16)28(25,26)20-13-11-19(12-14-20)21-27(23,24)15-18-9-4-3-5-10-18/h3-5,9-14,16-17,21H,6-8,15H2,1-2H3. The van der Waals surface area contributed by atoms with Crippen molar-refractivity contribution in [2.24, 2.45) is 0 Å². The summed E-state index contributed by atoms with van der Waals surface area (Å²) >= 11 is 0. The van der Waals surface area contributed by atoms with Crippen LogP contribution in [-0.4, -0.2) is 33.2 Å². The van der Waals surface area contributed by atoms with Crippen LogP contribution in [0.5, 0.6) is 0 Å². The second-order valence-electron chi connectivity index (χ2n) is 7.34. The van der Waals surface area contributed by atoms with Gasteiger partial charge in [0.1, 0.15) is 0 Å². The van der Waals surface area contributed by atoms with Gasteiger partial charge in [0.25, 0.3) is 0 Å². The summed E-state index contributed by atoms with van der Waals surface area (Å²) in [5, 5.41) is 0. The molecule has 0 bridgehead atoms. The maximum atomic E-state index is 13.0. The molecule has 0 radical (unpaired) electrons. The van der Waals surface area contributed by atoms with Crippen molar-refractivity contribution in [1.82, 2.24) is 4.31 Å². The summed E-state index contributed by atoms with van der Waals surface area (Å²) in [6.07, 6.45) is 2.72. The number of nitrogens with one attached hydrogen (secondary N) is 1. The lowest BCUT2D eigenvalue weighted by Gasteiger charge is -2.37. The minimum atomic E-state index is -3.61. The summed E-state index contributed by atoms with van der Waals surface area (Å²) in [5.74, 6) is -0.142. The summed E-state index contributed by atoms with van der Waals surface area (Å²) in [6.45, 7) is 3.86. The van der Waals surface area contributed by atoms with Gasteiger partial charge in [-0.2, -0.15) is 4.31 Å². The molecule has 1 aliphatic rings. The third kappa shape index (κ3) is 4.74. The molecule has 2 unspecified atom stereocenters. The third-order valence-corrected chi connectivity index (χ3v) is 8.42. The van der Waals surface area contributed by atoms with Crippen LogP contribution in [0.25, 0.3) is 0 Å². The molecule has 1 aliphatic heterocycles. The number of nitrogens with zero attached hydrogens (tertiary/aromatic N) is 1. The molecule has 2 aromatic rings. The van der Waals surface area contributed by atoms with Crippen LogP contribution in [0.4, 0.5) is 5.69 Å². The number of benzene rings is 2. The van der Waals surface area contributed by atoms with Crippen molar-refractivity contribution in [2.45, 2.75) is 55.8 Å². The molecular formula is C20H26N2O4S2. The van der Waals surface area contributed by atoms with Gasteiger partial charge in [-0.3, -0.25) is 4.72 Å². The zero-order valence-corrected chi connectivity index (χ0v) is 17.7. The Balaban J connectivity index is 1.76. The number of piperidine rings is 1. The Morgan fingerprint density at radius 3 is 2.04 bits per heavy atom. The van der Waals surface area contributed by atoms with E-state index in [2.05, 4.69) is 4.72 Å². The maximum absolute atomic E-state index is 13.0. The first-order valence-corrected chi connectivity index (χ1v) is 12.5. The fourth-order valence-electron chi connectivity index (χ4n) is 3.70. The molecule has 0 spiro atoms.